The van der Waals surface area contributed by atoms with Gasteiger partial charge in [-0.3, -0.25) is 9.98 Å². The van der Waals surface area contributed by atoms with Crippen LogP contribution in [0.15, 0.2) is 106 Å². The predicted octanol–water partition coefficient (Wildman–Crippen LogP) is 9.44. The Hall–Kier alpha value is -3.86. The van der Waals surface area contributed by atoms with E-state index in [2.05, 4.69) is 87.7 Å². The second-order valence-electron chi connectivity index (χ2n) is 12.0. The highest BCUT2D eigenvalue weighted by Crippen LogP contribution is 2.44. The fourth-order valence-corrected chi connectivity index (χ4v) is 7.62. The molecule has 44 heavy (non-hydrogen) atoms. The van der Waals surface area contributed by atoms with Gasteiger partial charge in [0.05, 0.1) is 22.3 Å². The van der Waals surface area contributed by atoms with E-state index in [0.717, 1.165) is 41.4 Å². The third-order valence-electron chi connectivity index (χ3n) is 8.60. The van der Waals surface area contributed by atoms with Crippen LogP contribution < -0.4 is 9.80 Å². The zero-order chi connectivity index (χ0) is 31.1. The first-order chi connectivity index (χ1) is 21.2. The third-order valence-corrected chi connectivity index (χ3v) is 9.58. The van der Waals surface area contributed by atoms with E-state index in [0.29, 0.717) is 5.03 Å². The number of rotatable bonds is 5. The van der Waals surface area contributed by atoms with Crippen molar-refractivity contribution in [3.8, 4) is 0 Å². The van der Waals surface area contributed by atoms with Gasteiger partial charge in [-0.05, 0) is 81.5 Å². The Bertz CT molecular complexity index is 1650. The van der Waals surface area contributed by atoms with Crippen LogP contribution in [0.4, 0.5) is 11.4 Å². The van der Waals surface area contributed by atoms with Crippen molar-refractivity contribution in [3.05, 3.63) is 146 Å². The van der Waals surface area contributed by atoms with Gasteiger partial charge in [0, 0.05) is 42.4 Å². The summed E-state index contributed by atoms with van der Waals surface area (Å²) >= 11 is 14.7. The van der Waals surface area contributed by atoms with Crippen molar-refractivity contribution in [2.75, 3.05) is 22.9 Å². The summed E-state index contributed by atoms with van der Waals surface area (Å²) in [5.74, 6) is 0.790. The highest BCUT2D eigenvalue weighted by Gasteiger charge is 2.38. The molecule has 3 aromatic carbocycles. The first-order valence-electron chi connectivity index (χ1n) is 15.1. The molecule has 1 aromatic heterocycles. The molecule has 3 heterocycles. The number of alkyl halides is 1. The van der Waals surface area contributed by atoms with Crippen molar-refractivity contribution in [3.63, 3.8) is 0 Å². The molecule has 0 saturated carbocycles. The van der Waals surface area contributed by atoms with Crippen molar-refractivity contribution in [2.45, 2.75) is 52.8 Å². The van der Waals surface area contributed by atoms with Gasteiger partial charge in [-0.15, -0.1) is 11.6 Å². The Balaban J connectivity index is 1.54. The number of hydrogen-bond donors (Lipinski definition) is 0. The minimum atomic E-state index is -0.589. The van der Waals surface area contributed by atoms with E-state index in [4.69, 9.17) is 33.2 Å². The Morgan fingerprint density at radius 3 is 1.75 bits per heavy atom. The number of nitrogens with zero attached hydrogens (tertiary/aromatic N) is 4. The highest BCUT2D eigenvalue weighted by atomic mass is 35.5. The van der Waals surface area contributed by atoms with Crippen LogP contribution in [0.5, 0.6) is 0 Å². The Morgan fingerprint density at radius 2 is 1.25 bits per heavy atom. The molecule has 0 bridgehead atoms. The Kier molecular flexibility index (Phi) is 8.41. The molecule has 2 aliphatic rings. The standard InChI is InChI=1S/C38H38Cl2N4/c1-23-18-25(3)36(26(4)19-23)43-16-17-44(37-27(5)20-24(2)21-28(37)6)38(43)30-22-42-35(34(40)33(30)39)32(29-12-8-7-9-13-29)31-14-10-11-15-41-31/h7-15,18-22,32-33H,16-17H2,1-6H3. The number of benzene rings is 3. The maximum Gasteiger partial charge on any atom is 0.120 e. The molecule has 2 atom stereocenters. The molecule has 4 nitrogen and oxygen atoms in total. The number of aliphatic imine (C=N–C) groups is 1. The molecular weight excluding hydrogens is 583 g/mol. The van der Waals surface area contributed by atoms with Crippen molar-refractivity contribution in [1.29, 1.82) is 0 Å². The van der Waals surface area contributed by atoms with E-state index in [1.807, 2.05) is 48.8 Å². The molecule has 2 unspecified atom stereocenters. The number of allylic oxidation sites excluding steroid dienone is 3. The lowest BCUT2D eigenvalue weighted by Gasteiger charge is -2.33. The molecule has 0 amide bonds. The van der Waals surface area contributed by atoms with E-state index in [-0.39, 0.29) is 5.92 Å². The molecule has 4 aromatic rings. The average molecular weight is 622 g/mol. The van der Waals surface area contributed by atoms with Gasteiger partial charge in [-0.2, -0.15) is 0 Å². The largest absolute Gasteiger partial charge is 0.325 e. The summed E-state index contributed by atoms with van der Waals surface area (Å²) in [6.45, 7) is 14.7. The number of aryl methyl sites for hydroxylation is 6. The number of anilines is 2. The summed E-state index contributed by atoms with van der Waals surface area (Å²) in [4.78, 5) is 14.6. The summed E-state index contributed by atoms with van der Waals surface area (Å²) in [6, 6.07) is 25.2. The van der Waals surface area contributed by atoms with Crippen LogP contribution >= 0.6 is 23.2 Å². The van der Waals surface area contributed by atoms with Crippen molar-refractivity contribution in [2.24, 2.45) is 4.99 Å². The molecule has 0 spiro atoms. The van der Waals surface area contributed by atoms with Gasteiger partial charge in [0.15, 0.2) is 0 Å². The van der Waals surface area contributed by atoms with Gasteiger partial charge in [0.1, 0.15) is 11.2 Å². The second kappa shape index (κ2) is 12.3. The first kappa shape index (κ1) is 30.2. The zero-order valence-corrected chi connectivity index (χ0v) is 27.7. The van der Waals surface area contributed by atoms with E-state index in [1.165, 1.54) is 44.8 Å². The lowest BCUT2D eigenvalue weighted by Crippen LogP contribution is -2.31. The third kappa shape index (κ3) is 5.46. The normalized spacial score (nSPS) is 17.6. The minimum absolute atomic E-state index is 0.243. The van der Waals surface area contributed by atoms with Gasteiger partial charge in [0.25, 0.3) is 0 Å². The summed E-state index contributed by atoms with van der Waals surface area (Å²) in [5, 5.41) is -0.0630. The molecule has 0 aliphatic carbocycles. The van der Waals surface area contributed by atoms with Crippen LogP contribution in [0.2, 0.25) is 0 Å². The fraction of sp³-hybridized carbons (Fsp3) is 0.263. The first-order valence-corrected chi connectivity index (χ1v) is 16.0. The summed E-state index contributed by atoms with van der Waals surface area (Å²) in [5.41, 5.74) is 13.4. The average Bonchev–Trinajstić information content (AvgIpc) is 3.39. The van der Waals surface area contributed by atoms with Gasteiger partial charge < -0.3 is 9.80 Å². The van der Waals surface area contributed by atoms with E-state index in [1.54, 1.807) is 0 Å². The van der Waals surface area contributed by atoms with E-state index < -0.39 is 5.38 Å². The van der Waals surface area contributed by atoms with Crippen molar-refractivity contribution >= 4 is 40.8 Å². The highest BCUT2D eigenvalue weighted by molar-refractivity contribution is 6.40. The topological polar surface area (TPSA) is 31.7 Å². The van der Waals surface area contributed by atoms with E-state index in [9.17, 15) is 0 Å². The maximum absolute atomic E-state index is 7.43. The summed E-state index contributed by atoms with van der Waals surface area (Å²) in [7, 11) is 0. The van der Waals surface area contributed by atoms with Crippen molar-refractivity contribution < 1.29 is 0 Å². The molecule has 224 valence electrons. The molecule has 0 radical (unpaired) electrons. The lowest BCUT2D eigenvalue weighted by molar-refractivity contribution is 0.862. The quantitative estimate of drug-likeness (QED) is 0.208. The van der Waals surface area contributed by atoms with Gasteiger partial charge in [-0.25, -0.2) is 0 Å². The van der Waals surface area contributed by atoms with Gasteiger partial charge in [0.2, 0.25) is 0 Å². The lowest BCUT2D eigenvalue weighted by atomic mass is 9.89. The summed E-state index contributed by atoms with van der Waals surface area (Å²) < 4.78 is 0. The Labute approximate surface area is 271 Å². The molecule has 1 saturated heterocycles. The smallest absolute Gasteiger partial charge is 0.120 e. The van der Waals surface area contributed by atoms with Crippen LogP contribution in [0.3, 0.4) is 0 Å². The van der Waals surface area contributed by atoms with Crippen LogP contribution in [-0.2, 0) is 0 Å². The molecule has 1 fully saturated rings. The second-order valence-corrected chi connectivity index (χ2v) is 12.9. The minimum Gasteiger partial charge on any atom is -0.325 e. The predicted molar refractivity (Wildman–Crippen MR) is 187 cm³/mol. The number of pyridine rings is 1. The Morgan fingerprint density at radius 1 is 0.727 bits per heavy atom. The monoisotopic (exact) mass is 620 g/mol. The van der Waals surface area contributed by atoms with Gasteiger partial charge >= 0.3 is 0 Å². The van der Waals surface area contributed by atoms with Crippen LogP contribution in [0.1, 0.15) is 50.6 Å². The molecular formula is C38H38Cl2N4. The zero-order valence-electron chi connectivity index (χ0n) is 26.2. The maximum atomic E-state index is 7.43. The van der Waals surface area contributed by atoms with E-state index >= 15 is 0 Å². The van der Waals surface area contributed by atoms with Crippen LogP contribution in [0, 0.1) is 41.5 Å². The fourth-order valence-electron chi connectivity index (χ4n) is 7.08. The molecule has 0 N–H and O–H groups in total. The number of halogens is 2. The molecule has 6 heteroatoms. The molecule has 2 aliphatic heterocycles. The van der Waals surface area contributed by atoms with Gasteiger partial charge in [-0.1, -0.05) is 83.4 Å². The van der Waals surface area contributed by atoms with Crippen LogP contribution in [0.25, 0.3) is 0 Å². The van der Waals surface area contributed by atoms with Crippen molar-refractivity contribution in [1.82, 2.24) is 4.98 Å². The van der Waals surface area contributed by atoms with Crippen LogP contribution in [-0.4, -0.2) is 29.7 Å². The summed E-state index contributed by atoms with van der Waals surface area (Å²) in [6.07, 6.45) is 3.75. The SMILES string of the molecule is Cc1cc(C)c(N2CCN(c3c(C)cc(C)cc3C)C2=C2C=NC(C(c3ccccc3)c3ccccn3)=C(Cl)C2Cl)c(C)c1. The number of aromatic nitrogens is 1. The molecule has 6 rings (SSSR count). The number of hydrogen-bond acceptors (Lipinski definition) is 4.